The van der Waals surface area contributed by atoms with Gasteiger partial charge >= 0.3 is 11.9 Å². The van der Waals surface area contributed by atoms with E-state index in [1.54, 1.807) is 13.8 Å². The second kappa shape index (κ2) is 6.63. The summed E-state index contributed by atoms with van der Waals surface area (Å²) >= 11 is 0. The van der Waals surface area contributed by atoms with Gasteiger partial charge in [-0.2, -0.15) is 0 Å². The first-order valence-electron chi connectivity index (χ1n) is 5.80. The van der Waals surface area contributed by atoms with Crippen LogP contribution >= 0.6 is 0 Å². The average Bonchev–Trinajstić information content (AvgIpc) is 2.40. The fourth-order valence-electron chi connectivity index (χ4n) is 1.40. The fraction of sp³-hybridized carbons (Fsp3) is 0.385. The molecule has 1 aromatic rings. The highest BCUT2D eigenvalue weighted by molar-refractivity contribution is 5.91. The third kappa shape index (κ3) is 3.87. The molecular formula is C13H17NO5. The second-order valence-corrected chi connectivity index (χ2v) is 3.76. The first-order valence-corrected chi connectivity index (χ1v) is 5.80. The van der Waals surface area contributed by atoms with E-state index >= 15 is 0 Å². The summed E-state index contributed by atoms with van der Waals surface area (Å²) in [6.07, 6.45) is -0.772. The molecule has 0 aliphatic rings. The number of hydrogen-bond acceptors (Lipinski definition) is 6. The molecule has 1 rings (SSSR count). The van der Waals surface area contributed by atoms with Gasteiger partial charge in [0.05, 0.1) is 25.0 Å². The van der Waals surface area contributed by atoms with Crippen LogP contribution in [-0.2, 0) is 14.3 Å². The Bertz CT molecular complexity index is 472. The first kappa shape index (κ1) is 14.8. The summed E-state index contributed by atoms with van der Waals surface area (Å²) in [4.78, 5) is 22.7. The van der Waals surface area contributed by atoms with Crippen molar-refractivity contribution in [3.63, 3.8) is 0 Å². The van der Waals surface area contributed by atoms with Gasteiger partial charge in [0, 0.05) is 0 Å². The quantitative estimate of drug-likeness (QED) is 0.640. The van der Waals surface area contributed by atoms with E-state index in [1.807, 2.05) is 0 Å². The van der Waals surface area contributed by atoms with Crippen LogP contribution in [0.1, 0.15) is 24.2 Å². The molecule has 0 saturated heterocycles. The second-order valence-electron chi connectivity index (χ2n) is 3.76. The third-order valence-corrected chi connectivity index (χ3v) is 2.35. The van der Waals surface area contributed by atoms with E-state index < -0.39 is 18.0 Å². The molecule has 0 bridgehead atoms. The number of carbonyl (C=O) groups is 2. The number of carbonyl (C=O) groups excluding carboxylic acids is 2. The van der Waals surface area contributed by atoms with Crippen molar-refractivity contribution in [2.45, 2.75) is 20.0 Å². The molecule has 19 heavy (non-hydrogen) atoms. The van der Waals surface area contributed by atoms with Gasteiger partial charge in [-0.15, -0.1) is 0 Å². The highest BCUT2D eigenvalue weighted by Gasteiger charge is 2.17. The molecule has 1 aromatic carbocycles. The summed E-state index contributed by atoms with van der Waals surface area (Å²) in [6.45, 7) is 3.55. The molecule has 0 aromatic heterocycles. The van der Waals surface area contributed by atoms with Crippen LogP contribution in [0, 0.1) is 0 Å². The Morgan fingerprint density at radius 1 is 1.37 bits per heavy atom. The minimum Gasteiger partial charge on any atom is -0.477 e. The minimum atomic E-state index is -0.772. The molecule has 0 amide bonds. The molecule has 0 aliphatic heterocycles. The van der Waals surface area contributed by atoms with Crippen LogP contribution in [0.15, 0.2) is 18.2 Å². The number of rotatable bonds is 5. The van der Waals surface area contributed by atoms with Gasteiger partial charge in [-0.25, -0.2) is 9.59 Å². The number of benzene rings is 1. The van der Waals surface area contributed by atoms with Gasteiger partial charge in [0.1, 0.15) is 5.75 Å². The van der Waals surface area contributed by atoms with Crippen LogP contribution in [0.25, 0.3) is 0 Å². The number of nitrogens with two attached hydrogens (primary N) is 1. The van der Waals surface area contributed by atoms with E-state index in [4.69, 9.17) is 15.2 Å². The summed E-state index contributed by atoms with van der Waals surface area (Å²) in [7, 11) is 1.28. The first-order chi connectivity index (χ1) is 8.99. The molecule has 0 radical (unpaired) electrons. The van der Waals surface area contributed by atoms with E-state index in [2.05, 4.69) is 4.74 Å². The van der Waals surface area contributed by atoms with Gasteiger partial charge in [0.2, 0.25) is 0 Å². The Morgan fingerprint density at radius 2 is 2.05 bits per heavy atom. The lowest BCUT2D eigenvalue weighted by Crippen LogP contribution is -2.26. The van der Waals surface area contributed by atoms with E-state index in [1.165, 1.54) is 25.3 Å². The zero-order chi connectivity index (χ0) is 14.4. The summed E-state index contributed by atoms with van der Waals surface area (Å²) in [5, 5.41) is 0. The van der Waals surface area contributed by atoms with Crippen molar-refractivity contribution < 1.29 is 23.8 Å². The van der Waals surface area contributed by atoms with E-state index in [-0.39, 0.29) is 12.3 Å². The fourth-order valence-corrected chi connectivity index (χ4v) is 1.40. The number of esters is 2. The maximum absolute atomic E-state index is 11.4. The zero-order valence-electron chi connectivity index (χ0n) is 11.1. The Labute approximate surface area is 111 Å². The number of hydrogen-bond donors (Lipinski definition) is 1. The third-order valence-electron chi connectivity index (χ3n) is 2.35. The van der Waals surface area contributed by atoms with Crippen LogP contribution in [0.5, 0.6) is 5.75 Å². The molecule has 6 heteroatoms. The molecular weight excluding hydrogens is 250 g/mol. The normalized spacial score (nSPS) is 11.5. The van der Waals surface area contributed by atoms with Gasteiger partial charge in [-0.1, -0.05) is 0 Å². The lowest BCUT2D eigenvalue weighted by Gasteiger charge is -2.15. The van der Waals surface area contributed by atoms with Crippen molar-refractivity contribution in [3.05, 3.63) is 23.8 Å². The summed E-state index contributed by atoms with van der Waals surface area (Å²) < 4.78 is 14.8. The van der Waals surface area contributed by atoms with E-state index in [9.17, 15) is 9.59 Å². The number of methoxy groups -OCH3 is 1. The topological polar surface area (TPSA) is 87.8 Å². The van der Waals surface area contributed by atoms with Crippen molar-refractivity contribution in [3.8, 4) is 5.75 Å². The lowest BCUT2D eigenvalue weighted by atomic mass is 10.2. The monoisotopic (exact) mass is 267 g/mol. The highest BCUT2D eigenvalue weighted by atomic mass is 16.6. The molecule has 0 heterocycles. The predicted octanol–water partition coefficient (Wildman–Crippen LogP) is 1.39. The van der Waals surface area contributed by atoms with Crippen LogP contribution in [0.3, 0.4) is 0 Å². The standard InChI is InChI=1S/C13H17NO5/c1-4-18-12(15)8(2)19-11-6-5-9(7-10(11)14)13(16)17-3/h5-8H,4,14H2,1-3H3/t8-/m1/s1. The molecule has 104 valence electrons. The lowest BCUT2D eigenvalue weighted by molar-refractivity contribution is -0.150. The van der Waals surface area contributed by atoms with Gasteiger partial charge in [-0.3, -0.25) is 0 Å². The maximum Gasteiger partial charge on any atom is 0.347 e. The average molecular weight is 267 g/mol. The van der Waals surface area contributed by atoms with Gasteiger partial charge in [0.25, 0.3) is 0 Å². The maximum atomic E-state index is 11.4. The summed E-state index contributed by atoms with van der Waals surface area (Å²) in [5.74, 6) is -0.649. The zero-order valence-corrected chi connectivity index (χ0v) is 11.1. The van der Waals surface area contributed by atoms with Crippen LogP contribution < -0.4 is 10.5 Å². The van der Waals surface area contributed by atoms with Gasteiger partial charge in [0.15, 0.2) is 6.10 Å². The van der Waals surface area contributed by atoms with Crippen molar-refractivity contribution in [2.75, 3.05) is 19.5 Å². The smallest absolute Gasteiger partial charge is 0.347 e. The molecule has 6 nitrogen and oxygen atoms in total. The van der Waals surface area contributed by atoms with Crippen molar-refractivity contribution >= 4 is 17.6 Å². The van der Waals surface area contributed by atoms with E-state index in [0.29, 0.717) is 11.3 Å². The molecule has 0 spiro atoms. The molecule has 0 saturated carbocycles. The Morgan fingerprint density at radius 3 is 2.58 bits per heavy atom. The molecule has 0 unspecified atom stereocenters. The largest absolute Gasteiger partial charge is 0.477 e. The Kier molecular flexibility index (Phi) is 5.17. The van der Waals surface area contributed by atoms with E-state index in [0.717, 1.165) is 0 Å². The van der Waals surface area contributed by atoms with Gasteiger partial charge in [-0.05, 0) is 32.0 Å². The Balaban J connectivity index is 2.80. The molecule has 0 fully saturated rings. The van der Waals surface area contributed by atoms with Crippen LogP contribution in [0.2, 0.25) is 0 Å². The molecule has 1 atom stereocenters. The van der Waals surface area contributed by atoms with Crippen LogP contribution in [0.4, 0.5) is 5.69 Å². The number of ether oxygens (including phenoxy) is 3. The Hall–Kier alpha value is -2.24. The molecule has 0 aliphatic carbocycles. The minimum absolute atomic E-state index is 0.249. The summed E-state index contributed by atoms with van der Waals surface area (Å²) in [6, 6.07) is 4.45. The predicted molar refractivity (Wildman–Crippen MR) is 68.9 cm³/mol. The number of nitrogen functional groups attached to an aromatic ring is 1. The number of anilines is 1. The molecule has 2 N–H and O–H groups in total. The van der Waals surface area contributed by atoms with Crippen LogP contribution in [-0.4, -0.2) is 31.8 Å². The SMILES string of the molecule is CCOC(=O)[C@@H](C)Oc1ccc(C(=O)OC)cc1N. The van der Waals surface area contributed by atoms with Crippen molar-refractivity contribution in [1.82, 2.24) is 0 Å². The van der Waals surface area contributed by atoms with Crippen molar-refractivity contribution in [1.29, 1.82) is 0 Å². The van der Waals surface area contributed by atoms with Crippen molar-refractivity contribution in [2.24, 2.45) is 0 Å². The highest BCUT2D eigenvalue weighted by Crippen LogP contribution is 2.24. The summed E-state index contributed by atoms with van der Waals surface area (Å²) in [5.41, 5.74) is 6.32. The van der Waals surface area contributed by atoms with Gasteiger partial charge < -0.3 is 19.9 Å².